The molecule has 136 valence electrons. The van der Waals surface area contributed by atoms with Crippen molar-refractivity contribution in [2.24, 2.45) is 0 Å². The lowest BCUT2D eigenvalue weighted by Crippen LogP contribution is -2.29. The number of methoxy groups -OCH3 is 1. The molecule has 1 N–H and O–H groups in total. The molecule has 5 nitrogen and oxygen atoms in total. The van der Waals surface area contributed by atoms with Crippen LogP contribution in [-0.4, -0.2) is 24.7 Å². The van der Waals surface area contributed by atoms with Gasteiger partial charge >= 0.3 is 0 Å². The van der Waals surface area contributed by atoms with Crippen LogP contribution in [-0.2, 0) is 9.59 Å². The molecule has 0 aromatic heterocycles. The fourth-order valence-corrected chi connectivity index (χ4v) is 4.17. The molecule has 1 unspecified atom stereocenters. The van der Waals surface area contributed by atoms with Crippen molar-refractivity contribution >= 4 is 35.0 Å². The standard InChI is InChI=1S/C20H22N2O3S/c1-4-18(23)21-15-8-6-5-7-14(15)20-22(19(24)12-26-20)16-11-13(2)9-10-17(16)25-3/h5-11,20H,4,12H2,1-3H3,(H,21,23). The number of benzene rings is 2. The summed E-state index contributed by atoms with van der Waals surface area (Å²) in [5.41, 5.74) is 3.46. The number of nitrogens with one attached hydrogen (secondary N) is 1. The van der Waals surface area contributed by atoms with Gasteiger partial charge in [0.1, 0.15) is 11.1 Å². The molecule has 2 aromatic carbocycles. The normalized spacial score (nSPS) is 16.7. The number of carbonyl (C=O) groups excluding carboxylic acids is 2. The minimum Gasteiger partial charge on any atom is -0.495 e. The maximum Gasteiger partial charge on any atom is 0.238 e. The third-order valence-electron chi connectivity index (χ3n) is 4.28. The first kappa shape index (κ1) is 18.3. The molecule has 0 aliphatic carbocycles. The maximum atomic E-state index is 12.7. The Hall–Kier alpha value is -2.47. The lowest BCUT2D eigenvalue weighted by atomic mass is 10.1. The number of anilines is 2. The summed E-state index contributed by atoms with van der Waals surface area (Å²) in [6.45, 7) is 3.80. The van der Waals surface area contributed by atoms with Crippen LogP contribution in [0.5, 0.6) is 5.75 Å². The van der Waals surface area contributed by atoms with Crippen LogP contribution in [0.2, 0.25) is 0 Å². The van der Waals surface area contributed by atoms with Gasteiger partial charge < -0.3 is 10.1 Å². The molecule has 1 saturated heterocycles. The van der Waals surface area contributed by atoms with Gasteiger partial charge in [-0.05, 0) is 30.7 Å². The van der Waals surface area contributed by atoms with Crippen molar-refractivity contribution < 1.29 is 14.3 Å². The number of aryl methyl sites for hydroxylation is 1. The zero-order chi connectivity index (χ0) is 18.7. The van der Waals surface area contributed by atoms with E-state index in [4.69, 9.17) is 4.74 Å². The van der Waals surface area contributed by atoms with E-state index in [1.807, 2.05) is 56.3 Å². The molecule has 26 heavy (non-hydrogen) atoms. The van der Waals surface area contributed by atoms with Crippen molar-refractivity contribution in [3.05, 3.63) is 53.6 Å². The average Bonchev–Trinajstić information content (AvgIpc) is 3.03. The number of thioether (sulfide) groups is 1. The van der Waals surface area contributed by atoms with Crippen LogP contribution in [0.1, 0.15) is 29.8 Å². The van der Waals surface area contributed by atoms with Gasteiger partial charge in [-0.1, -0.05) is 31.2 Å². The Morgan fingerprint density at radius 3 is 2.81 bits per heavy atom. The predicted octanol–water partition coefficient (Wildman–Crippen LogP) is 4.13. The van der Waals surface area contributed by atoms with Gasteiger partial charge in [-0.15, -0.1) is 11.8 Å². The van der Waals surface area contributed by atoms with Gasteiger partial charge in [0.05, 0.1) is 18.6 Å². The number of rotatable bonds is 5. The van der Waals surface area contributed by atoms with Crippen LogP contribution in [0.25, 0.3) is 0 Å². The van der Waals surface area contributed by atoms with E-state index in [2.05, 4.69) is 5.32 Å². The summed E-state index contributed by atoms with van der Waals surface area (Å²) < 4.78 is 5.48. The molecule has 2 aromatic rings. The number of amides is 2. The summed E-state index contributed by atoms with van der Waals surface area (Å²) in [6.07, 6.45) is 0.403. The molecule has 6 heteroatoms. The minimum absolute atomic E-state index is 0.0283. The van der Waals surface area contributed by atoms with E-state index >= 15 is 0 Å². The van der Waals surface area contributed by atoms with Gasteiger partial charge in [-0.25, -0.2) is 0 Å². The zero-order valence-corrected chi connectivity index (χ0v) is 15.9. The Morgan fingerprint density at radius 1 is 1.31 bits per heavy atom. The SMILES string of the molecule is CCC(=O)Nc1ccccc1C1SCC(=O)N1c1cc(C)ccc1OC. The summed E-state index contributed by atoms with van der Waals surface area (Å²) in [4.78, 5) is 26.4. The number of hydrogen-bond acceptors (Lipinski definition) is 4. The van der Waals surface area contributed by atoms with Crippen LogP contribution in [0, 0.1) is 6.92 Å². The molecule has 1 fully saturated rings. The number of ether oxygens (including phenoxy) is 1. The monoisotopic (exact) mass is 370 g/mol. The highest BCUT2D eigenvalue weighted by molar-refractivity contribution is 8.00. The van der Waals surface area contributed by atoms with E-state index in [9.17, 15) is 9.59 Å². The Balaban J connectivity index is 2.05. The van der Waals surface area contributed by atoms with Crippen LogP contribution in [0.3, 0.4) is 0 Å². The molecular weight excluding hydrogens is 348 g/mol. The third kappa shape index (κ3) is 3.55. The van der Waals surface area contributed by atoms with E-state index < -0.39 is 0 Å². The lowest BCUT2D eigenvalue weighted by Gasteiger charge is -2.27. The molecule has 2 amide bonds. The number of carbonyl (C=O) groups is 2. The summed E-state index contributed by atoms with van der Waals surface area (Å²) in [6, 6.07) is 13.4. The van der Waals surface area contributed by atoms with Gasteiger partial charge in [0.25, 0.3) is 0 Å². The van der Waals surface area contributed by atoms with Gasteiger partial charge in [0.15, 0.2) is 0 Å². The topological polar surface area (TPSA) is 58.6 Å². The molecular formula is C20H22N2O3S. The summed E-state index contributed by atoms with van der Waals surface area (Å²) >= 11 is 1.55. The summed E-state index contributed by atoms with van der Waals surface area (Å²) in [5.74, 6) is 1.02. The van der Waals surface area contributed by atoms with Gasteiger partial charge in [0.2, 0.25) is 11.8 Å². The highest BCUT2D eigenvalue weighted by atomic mass is 32.2. The summed E-state index contributed by atoms with van der Waals surface area (Å²) in [5, 5.41) is 2.73. The first-order valence-electron chi connectivity index (χ1n) is 8.52. The van der Waals surface area contributed by atoms with Crippen molar-refractivity contribution in [2.45, 2.75) is 25.6 Å². The van der Waals surface area contributed by atoms with Gasteiger partial charge in [0, 0.05) is 17.7 Å². The first-order valence-corrected chi connectivity index (χ1v) is 9.57. The molecule has 0 bridgehead atoms. The largest absolute Gasteiger partial charge is 0.495 e. The van der Waals surface area contributed by atoms with Crippen molar-refractivity contribution in [1.29, 1.82) is 0 Å². The van der Waals surface area contributed by atoms with Crippen molar-refractivity contribution in [1.82, 2.24) is 0 Å². The Kier molecular flexibility index (Phi) is 5.52. The van der Waals surface area contributed by atoms with Crippen LogP contribution < -0.4 is 15.0 Å². The first-order chi connectivity index (χ1) is 12.5. The summed E-state index contributed by atoms with van der Waals surface area (Å²) in [7, 11) is 1.60. The third-order valence-corrected chi connectivity index (χ3v) is 5.48. The fraction of sp³-hybridized carbons (Fsp3) is 0.300. The number of hydrogen-bond donors (Lipinski definition) is 1. The smallest absolute Gasteiger partial charge is 0.238 e. The quantitative estimate of drug-likeness (QED) is 0.860. The van der Waals surface area contributed by atoms with Crippen LogP contribution >= 0.6 is 11.8 Å². The molecule has 1 heterocycles. The van der Waals surface area contributed by atoms with Gasteiger partial charge in [-0.3, -0.25) is 14.5 Å². The zero-order valence-electron chi connectivity index (χ0n) is 15.1. The van der Waals surface area contributed by atoms with E-state index in [1.54, 1.807) is 23.8 Å². The van der Waals surface area contributed by atoms with E-state index in [0.29, 0.717) is 17.9 Å². The predicted molar refractivity (Wildman–Crippen MR) is 106 cm³/mol. The minimum atomic E-state index is -0.216. The molecule has 1 aliphatic rings. The van der Waals surface area contributed by atoms with Crippen molar-refractivity contribution in [3.8, 4) is 5.75 Å². The Morgan fingerprint density at radius 2 is 2.08 bits per heavy atom. The molecule has 3 rings (SSSR count). The van der Waals surface area contributed by atoms with Crippen LogP contribution in [0.15, 0.2) is 42.5 Å². The average molecular weight is 370 g/mol. The van der Waals surface area contributed by atoms with E-state index in [-0.39, 0.29) is 17.2 Å². The highest BCUT2D eigenvalue weighted by Crippen LogP contribution is 2.46. The molecule has 0 radical (unpaired) electrons. The number of nitrogens with zero attached hydrogens (tertiary/aromatic N) is 1. The van der Waals surface area contributed by atoms with Gasteiger partial charge in [-0.2, -0.15) is 0 Å². The van der Waals surface area contributed by atoms with E-state index in [0.717, 1.165) is 22.5 Å². The van der Waals surface area contributed by atoms with E-state index in [1.165, 1.54) is 0 Å². The van der Waals surface area contributed by atoms with Crippen LogP contribution in [0.4, 0.5) is 11.4 Å². The Bertz CT molecular complexity index is 838. The lowest BCUT2D eigenvalue weighted by molar-refractivity contribution is -0.116. The molecule has 1 atom stereocenters. The maximum absolute atomic E-state index is 12.7. The highest BCUT2D eigenvalue weighted by Gasteiger charge is 2.36. The molecule has 0 spiro atoms. The number of para-hydroxylation sites is 1. The fourth-order valence-electron chi connectivity index (χ4n) is 2.97. The van der Waals surface area contributed by atoms with Crippen molar-refractivity contribution in [3.63, 3.8) is 0 Å². The second-order valence-corrected chi connectivity index (χ2v) is 7.16. The Labute approximate surface area is 157 Å². The molecule has 0 saturated carbocycles. The second-order valence-electron chi connectivity index (χ2n) is 6.09. The second kappa shape index (κ2) is 7.83. The molecule has 1 aliphatic heterocycles. The van der Waals surface area contributed by atoms with Crippen molar-refractivity contribution in [2.75, 3.05) is 23.1 Å².